The van der Waals surface area contributed by atoms with Gasteiger partial charge in [-0.15, -0.1) is 0 Å². The molecular weight excluding hydrogens is 320 g/mol. The fourth-order valence-corrected chi connectivity index (χ4v) is 3.26. The Balaban J connectivity index is 2.16. The molecular formula is C19H24N2O2S. The number of likely N-dealkylation sites (N-methyl/N-ethyl adjacent to an activating group) is 1. The molecule has 1 N–H and O–H groups in total. The number of hydrogen-bond donors (Lipinski definition) is 1. The topological polar surface area (TPSA) is 49.4 Å². The Morgan fingerprint density at radius 1 is 1.17 bits per heavy atom. The van der Waals surface area contributed by atoms with E-state index in [1.54, 1.807) is 0 Å². The molecule has 0 spiro atoms. The molecule has 0 bridgehead atoms. The molecule has 1 aromatic carbocycles. The SMILES string of the molecule is CCN(CC)CC(=O)NC1=C(C(=O)c2ccc(C)cc2)CC=CS1. The standard InChI is InChI=1S/C19H24N2O2S/c1-4-21(5-2)13-17(22)20-19-16(7-6-12-24-19)18(23)15-10-8-14(3)9-11-15/h6,8-12H,4-5,7,13H2,1-3H3,(H,20,22). The van der Waals surface area contributed by atoms with E-state index in [0.29, 0.717) is 29.1 Å². The van der Waals surface area contributed by atoms with E-state index < -0.39 is 0 Å². The van der Waals surface area contributed by atoms with E-state index in [1.165, 1.54) is 11.8 Å². The Hall–Kier alpha value is -1.85. The Morgan fingerprint density at radius 2 is 1.83 bits per heavy atom. The van der Waals surface area contributed by atoms with Crippen LogP contribution in [0.15, 0.2) is 46.4 Å². The Morgan fingerprint density at radius 3 is 2.46 bits per heavy atom. The number of Topliss-reactive ketones (excluding diaryl/α,β-unsaturated/α-hetero) is 1. The minimum Gasteiger partial charge on any atom is -0.319 e. The van der Waals surface area contributed by atoms with E-state index in [1.807, 2.05) is 61.4 Å². The number of rotatable bonds is 7. The number of ketones is 1. The second kappa shape index (κ2) is 8.85. The first kappa shape index (κ1) is 18.5. The van der Waals surface area contributed by atoms with Crippen molar-refractivity contribution in [2.75, 3.05) is 19.6 Å². The van der Waals surface area contributed by atoms with Crippen molar-refractivity contribution in [3.63, 3.8) is 0 Å². The highest BCUT2D eigenvalue weighted by atomic mass is 32.2. The number of amides is 1. The summed E-state index contributed by atoms with van der Waals surface area (Å²) in [6, 6.07) is 7.53. The summed E-state index contributed by atoms with van der Waals surface area (Å²) in [4.78, 5) is 27.1. The molecule has 2 rings (SSSR count). The van der Waals surface area contributed by atoms with Crippen LogP contribution in [0.5, 0.6) is 0 Å². The van der Waals surface area contributed by atoms with Crippen LogP contribution in [-0.2, 0) is 4.79 Å². The van der Waals surface area contributed by atoms with Gasteiger partial charge in [-0.1, -0.05) is 61.5 Å². The zero-order chi connectivity index (χ0) is 17.5. The largest absolute Gasteiger partial charge is 0.319 e. The highest BCUT2D eigenvalue weighted by molar-refractivity contribution is 8.05. The highest BCUT2D eigenvalue weighted by Gasteiger charge is 2.20. The van der Waals surface area contributed by atoms with E-state index in [4.69, 9.17) is 0 Å². The number of carbonyl (C=O) groups excluding carboxylic acids is 2. The summed E-state index contributed by atoms with van der Waals surface area (Å²) in [5.41, 5.74) is 2.42. The van der Waals surface area contributed by atoms with Crippen LogP contribution in [0.3, 0.4) is 0 Å². The predicted octanol–water partition coefficient (Wildman–Crippen LogP) is 3.50. The van der Waals surface area contributed by atoms with E-state index >= 15 is 0 Å². The number of nitrogens with zero attached hydrogens (tertiary/aromatic N) is 1. The minimum atomic E-state index is -0.0780. The summed E-state index contributed by atoms with van der Waals surface area (Å²) in [6.45, 7) is 8.04. The molecule has 1 aromatic rings. The maximum Gasteiger partial charge on any atom is 0.238 e. The lowest BCUT2D eigenvalue weighted by Gasteiger charge is -2.20. The van der Waals surface area contributed by atoms with Gasteiger partial charge in [-0.05, 0) is 31.8 Å². The van der Waals surface area contributed by atoms with Crippen molar-refractivity contribution >= 4 is 23.5 Å². The smallest absolute Gasteiger partial charge is 0.238 e. The van der Waals surface area contributed by atoms with Crippen molar-refractivity contribution in [3.8, 4) is 0 Å². The van der Waals surface area contributed by atoms with E-state index in [-0.39, 0.29) is 11.7 Å². The average molecular weight is 344 g/mol. The molecule has 0 aliphatic carbocycles. The number of carbonyl (C=O) groups is 2. The van der Waals surface area contributed by atoms with Gasteiger partial charge >= 0.3 is 0 Å². The lowest BCUT2D eigenvalue weighted by Crippen LogP contribution is -2.37. The fraction of sp³-hybridized carbons (Fsp3) is 0.368. The second-order valence-electron chi connectivity index (χ2n) is 5.71. The van der Waals surface area contributed by atoms with Crippen molar-refractivity contribution in [2.45, 2.75) is 27.2 Å². The van der Waals surface area contributed by atoms with Crippen LogP contribution in [0.25, 0.3) is 0 Å². The van der Waals surface area contributed by atoms with Crippen LogP contribution < -0.4 is 5.32 Å². The van der Waals surface area contributed by atoms with Gasteiger partial charge in [0, 0.05) is 11.1 Å². The van der Waals surface area contributed by atoms with Crippen LogP contribution in [-0.4, -0.2) is 36.2 Å². The van der Waals surface area contributed by atoms with Gasteiger partial charge in [0.2, 0.25) is 5.91 Å². The molecule has 0 fully saturated rings. The number of thioether (sulfide) groups is 1. The van der Waals surface area contributed by atoms with Crippen molar-refractivity contribution in [3.05, 3.63) is 57.5 Å². The molecule has 4 nitrogen and oxygen atoms in total. The summed E-state index contributed by atoms with van der Waals surface area (Å²) in [7, 11) is 0. The molecule has 128 valence electrons. The number of hydrogen-bond acceptors (Lipinski definition) is 4. The van der Waals surface area contributed by atoms with Crippen molar-refractivity contribution < 1.29 is 9.59 Å². The Kier molecular flexibility index (Phi) is 6.82. The quantitative estimate of drug-likeness (QED) is 0.769. The average Bonchev–Trinajstić information content (AvgIpc) is 2.60. The van der Waals surface area contributed by atoms with Gasteiger partial charge in [0.25, 0.3) is 0 Å². The Bertz CT molecular complexity index is 658. The lowest BCUT2D eigenvalue weighted by molar-refractivity contribution is -0.121. The first-order valence-corrected chi connectivity index (χ1v) is 9.11. The third kappa shape index (κ3) is 4.82. The predicted molar refractivity (Wildman–Crippen MR) is 99.8 cm³/mol. The zero-order valence-electron chi connectivity index (χ0n) is 14.5. The molecule has 1 heterocycles. The molecule has 0 saturated heterocycles. The van der Waals surface area contributed by atoms with Crippen LogP contribution in [0.1, 0.15) is 36.2 Å². The van der Waals surface area contributed by atoms with E-state index in [9.17, 15) is 9.59 Å². The third-order valence-corrected chi connectivity index (χ3v) is 4.89. The molecule has 1 aliphatic rings. The summed E-state index contributed by atoms with van der Waals surface area (Å²) in [5.74, 6) is -0.101. The maximum atomic E-state index is 12.8. The summed E-state index contributed by atoms with van der Waals surface area (Å²) in [6.07, 6.45) is 2.49. The van der Waals surface area contributed by atoms with Gasteiger partial charge in [-0.2, -0.15) is 0 Å². The van der Waals surface area contributed by atoms with E-state index in [2.05, 4.69) is 5.32 Å². The lowest BCUT2D eigenvalue weighted by atomic mass is 10.0. The highest BCUT2D eigenvalue weighted by Crippen LogP contribution is 2.28. The number of nitrogens with one attached hydrogen (secondary N) is 1. The number of aryl methyl sites for hydroxylation is 1. The van der Waals surface area contributed by atoms with Gasteiger partial charge < -0.3 is 5.32 Å². The van der Waals surface area contributed by atoms with Crippen LogP contribution in [0.4, 0.5) is 0 Å². The minimum absolute atomic E-state index is 0.0232. The van der Waals surface area contributed by atoms with Gasteiger partial charge in [-0.3, -0.25) is 14.5 Å². The molecule has 5 heteroatoms. The molecule has 1 aliphatic heterocycles. The van der Waals surface area contributed by atoms with Crippen molar-refractivity contribution in [1.82, 2.24) is 10.2 Å². The first-order chi connectivity index (χ1) is 11.5. The zero-order valence-corrected chi connectivity index (χ0v) is 15.3. The van der Waals surface area contributed by atoms with Crippen molar-refractivity contribution in [2.24, 2.45) is 0 Å². The summed E-state index contributed by atoms with van der Waals surface area (Å²) in [5, 5.41) is 5.49. The molecule has 0 aromatic heterocycles. The molecule has 0 radical (unpaired) electrons. The van der Waals surface area contributed by atoms with Crippen LogP contribution in [0, 0.1) is 6.92 Å². The molecule has 24 heavy (non-hydrogen) atoms. The van der Waals surface area contributed by atoms with Crippen LogP contribution in [0.2, 0.25) is 0 Å². The third-order valence-electron chi connectivity index (χ3n) is 3.98. The molecule has 0 unspecified atom stereocenters. The van der Waals surface area contributed by atoms with Gasteiger partial charge in [-0.25, -0.2) is 0 Å². The summed E-state index contributed by atoms with van der Waals surface area (Å²) < 4.78 is 0. The molecule has 1 amide bonds. The van der Waals surface area contributed by atoms with Gasteiger partial charge in [0.1, 0.15) is 0 Å². The van der Waals surface area contributed by atoms with Gasteiger partial charge in [0.15, 0.2) is 5.78 Å². The summed E-state index contributed by atoms with van der Waals surface area (Å²) >= 11 is 1.40. The van der Waals surface area contributed by atoms with Crippen LogP contribution >= 0.6 is 11.8 Å². The Labute approximate surface area is 148 Å². The first-order valence-electron chi connectivity index (χ1n) is 8.23. The molecule has 0 atom stereocenters. The monoisotopic (exact) mass is 344 g/mol. The number of benzene rings is 1. The molecule has 0 saturated carbocycles. The van der Waals surface area contributed by atoms with Crippen molar-refractivity contribution in [1.29, 1.82) is 0 Å². The van der Waals surface area contributed by atoms with Gasteiger partial charge in [0.05, 0.1) is 11.6 Å². The normalized spacial score (nSPS) is 14.2. The second-order valence-corrected chi connectivity index (χ2v) is 6.62. The fourth-order valence-electron chi connectivity index (χ4n) is 2.44. The van der Waals surface area contributed by atoms with E-state index in [0.717, 1.165) is 18.7 Å². The number of allylic oxidation sites excluding steroid dienone is 2. The maximum absolute atomic E-state index is 12.8.